The van der Waals surface area contributed by atoms with Crippen molar-refractivity contribution >= 4 is 16.8 Å². The molecule has 1 amide bonds. The van der Waals surface area contributed by atoms with E-state index in [1.807, 2.05) is 24.3 Å². The predicted octanol–water partition coefficient (Wildman–Crippen LogP) is 3.53. The van der Waals surface area contributed by atoms with E-state index in [1.54, 1.807) is 36.5 Å². The molecule has 2 N–H and O–H groups in total. The maximum atomic E-state index is 12.8. The van der Waals surface area contributed by atoms with Crippen molar-refractivity contribution in [3.8, 4) is 17.0 Å². The molecule has 0 atom stereocenters. The van der Waals surface area contributed by atoms with Crippen LogP contribution in [0.1, 0.15) is 16.1 Å². The third-order valence-electron chi connectivity index (χ3n) is 4.03. The van der Waals surface area contributed by atoms with E-state index in [2.05, 4.69) is 15.3 Å². The van der Waals surface area contributed by atoms with Crippen molar-refractivity contribution in [2.75, 3.05) is 0 Å². The molecule has 2 aromatic heterocycles. The molecule has 0 aliphatic heterocycles. The first kappa shape index (κ1) is 15.8. The van der Waals surface area contributed by atoms with Crippen LogP contribution in [0.3, 0.4) is 0 Å². The van der Waals surface area contributed by atoms with Crippen LogP contribution in [0.5, 0.6) is 5.75 Å². The highest BCUT2D eigenvalue weighted by Crippen LogP contribution is 2.26. The van der Waals surface area contributed by atoms with E-state index >= 15 is 0 Å². The summed E-state index contributed by atoms with van der Waals surface area (Å²) in [5, 5.41) is 13.1. The molecule has 26 heavy (non-hydrogen) atoms. The summed E-state index contributed by atoms with van der Waals surface area (Å²) < 4.78 is 5.15. The first-order valence-corrected chi connectivity index (χ1v) is 8.05. The monoisotopic (exact) mass is 345 g/mol. The van der Waals surface area contributed by atoms with Crippen molar-refractivity contribution in [2.24, 2.45) is 0 Å². The second kappa shape index (κ2) is 6.68. The summed E-state index contributed by atoms with van der Waals surface area (Å²) in [4.78, 5) is 21.2. The Hall–Kier alpha value is -3.67. The van der Waals surface area contributed by atoms with Crippen molar-refractivity contribution in [3.63, 3.8) is 0 Å². The normalized spacial score (nSPS) is 10.8. The number of carbonyl (C=O) groups is 1. The summed E-state index contributed by atoms with van der Waals surface area (Å²) in [6.45, 7) is 0.254. The maximum Gasteiger partial charge on any atom is 0.252 e. The minimum atomic E-state index is -0.222. The van der Waals surface area contributed by atoms with Gasteiger partial charge in [0.05, 0.1) is 29.5 Å². The molecule has 0 radical (unpaired) electrons. The van der Waals surface area contributed by atoms with Crippen molar-refractivity contribution in [2.45, 2.75) is 6.54 Å². The summed E-state index contributed by atoms with van der Waals surface area (Å²) in [5.74, 6) is 0.537. The van der Waals surface area contributed by atoms with Crippen LogP contribution in [0.2, 0.25) is 0 Å². The van der Waals surface area contributed by atoms with Crippen molar-refractivity contribution in [1.82, 2.24) is 15.3 Å². The third-order valence-corrected chi connectivity index (χ3v) is 4.03. The second-order valence-electron chi connectivity index (χ2n) is 5.77. The number of hydrogen-bond donors (Lipinski definition) is 2. The first-order chi connectivity index (χ1) is 12.7. The highest BCUT2D eigenvalue weighted by atomic mass is 16.3. The molecule has 0 saturated heterocycles. The Morgan fingerprint density at radius 3 is 2.69 bits per heavy atom. The summed E-state index contributed by atoms with van der Waals surface area (Å²) in [6.07, 6.45) is 2.89. The number of benzene rings is 2. The number of nitrogens with zero attached hydrogens (tertiary/aromatic N) is 2. The summed E-state index contributed by atoms with van der Waals surface area (Å²) in [6, 6.07) is 16.0. The van der Waals surface area contributed by atoms with Gasteiger partial charge in [0.2, 0.25) is 0 Å². The fraction of sp³-hybridized carbons (Fsp3) is 0.0500. The molecular formula is C20H15N3O3. The fourth-order valence-corrected chi connectivity index (χ4v) is 2.74. The molecule has 128 valence electrons. The molecule has 0 spiro atoms. The number of fused-ring (bicyclic) bond motifs is 1. The lowest BCUT2D eigenvalue weighted by Gasteiger charge is -2.10. The van der Waals surface area contributed by atoms with Crippen LogP contribution in [0, 0.1) is 0 Å². The Balaban J connectivity index is 1.74. The van der Waals surface area contributed by atoms with E-state index in [0.717, 1.165) is 16.5 Å². The number of aromatic hydroxyl groups is 1. The van der Waals surface area contributed by atoms with E-state index < -0.39 is 0 Å². The largest absolute Gasteiger partial charge is 0.508 e. The molecule has 0 unspecified atom stereocenters. The molecule has 2 heterocycles. The van der Waals surface area contributed by atoms with Crippen molar-refractivity contribution in [1.29, 1.82) is 0 Å². The van der Waals surface area contributed by atoms with Gasteiger partial charge in [0.1, 0.15) is 11.5 Å². The van der Waals surface area contributed by atoms with E-state index in [0.29, 0.717) is 17.0 Å². The summed E-state index contributed by atoms with van der Waals surface area (Å²) >= 11 is 0. The Bertz CT molecular complexity index is 1060. The minimum Gasteiger partial charge on any atom is -0.508 e. The molecule has 2 aromatic carbocycles. The molecule has 6 nitrogen and oxygen atoms in total. The molecule has 6 heteroatoms. The van der Waals surface area contributed by atoms with Crippen LogP contribution in [-0.2, 0) is 6.54 Å². The van der Waals surface area contributed by atoms with Gasteiger partial charge in [0, 0.05) is 10.9 Å². The van der Waals surface area contributed by atoms with Gasteiger partial charge in [0.25, 0.3) is 5.91 Å². The lowest BCUT2D eigenvalue weighted by Crippen LogP contribution is -2.23. The number of carbonyl (C=O) groups excluding carboxylic acids is 1. The van der Waals surface area contributed by atoms with Gasteiger partial charge >= 0.3 is 0 Å². The average Bonchev–Trinajstić information content (AvgIpc) is 3.19. The number of nitrogens with one attached hydrogen (secondary N) is 1. The zero-order chi connectivity index (χ0) is 17.9. The zero-order valence-electron chi connectivity index (χ0n) is 13.7. The van der Waals surface area contributed by atoms with Crippen LogP contribution in [0.4, 0.5) is 0 Å². The fourth-order valence-electron chi connectivity index (χ4n) is 2.74. The Labute approximate surface area is 149 Å². The number of pyridine rings is 1. The number of aromatic nitrogens is 2. The Morgan fingerprint density at radius 2 is 1.92 bits per heavy atom. The predicted molar refractivity (Wildman–Crippen MR) is 96.5 cm³/mol. The van der Waals surface area contributed by atoms with Gasteiger partial charge in [-0.15, -0.1) is 0 Å². The number of para-hydroxylation sites is 1. The van der Waals surface area contributed by atoms with Gasteiger partial charge < -0.3 is 14.8 Å². The molecule has 0 saturated carbocycles. The van der Waals surface area contributed by atoms with E-state index in [1.165, 1.54) is 6.39 Å². The molecular weight excluding hydrogens is 330 g/mol. The van der Waals surface area contributed by atoms with Gasteiger partial charge in [-0.2, -0.15) is 0 Å². The molecule has 4 rings (SSSR count). The molecule has 0 bridgehead atoms. The third kappa shape index (κ3) is 3.12. The van der Waals surface area contributed by atoms with Gasteiger partial charge in [-0.25, -0.2) is 9.97 Å². The summed E-state index contributed by atoms with van der Waals surface area (Å²) in [5.41, 5.74) is 2.73. The number of rotatable bonds is 4. The topological polar surface area (TPSA) is 88.2 Å². The number of hydrogen-bond acceptors (Lipinski definition) is 5. The van der Waals surface area contributed by atoms with E-state index in [9.17, 15) is 9.90 Å². The lowest BCUT2D eigenvalue weighted by molar-refractivity contribution is 0.0949. The summed E-state index contributed by atoms with van der Waals surface area (Å²) in [7, 11) is 0. The number of phenolic OH excluding ortho intramolecular Hbond substituents is 1. The highest BCUT2D eigenvalue weighted by molar-refractivity contribution is 6.07. The molecule has 0 aliphatic carbocycles. The van der Waals surface area contributed by atoms with Crippen LogP contribution in [0.15, 0.2) is 71.6 Å². The van der Waals surface area contributed by atoms with Gasteiger partial charge in [-0.3, -0.25) is 4.79 Å². The van der Waals surface area contributed by atoms with Crippen LogP contribution in [-0.4, -0.2) is 21.0 Å². The number of amides is 1. The quantitative estimate of drug-likeness (QED) is 0.591. The molecule has 0 aliphatic rings. The van der Waals surface area contributed by atoms with Gasteiger partial charge in [-0.1, -0.05) is 18.2 Å². The van der Waals surface area contributed by atoms with Crippen LogP contribution in [0.25, 0.3) is 22.2 Å². The minimum absolute atomic E-state index is 0.180. The number of oxazole rings is 1. The number of phenols is 1. The van der Waals surface area contributed by atoms with Gasteiger partial charge in [0.15, 0.2) is 6.39 Å². The van der Waals surface area contributed by atoms with Crippen LogP contribution < -0.4 is 5.32 Å². The Morgan fingerprint density at radius 1 is 1.12 bits per heavy atom. The molecule has 0 fully saturated rings. The first-order valence-electron chi connectivity index (χ1n) is 8.05. The van der Waals surface area contributed by atoms with Gasteiger partial charge in [-0.05, 0) is 36.4 Å². The Kier molecular flexibility index (Phi) is 4.07. The smallest absolute Gasteiger partial charge is 0.252 e. The highest BCUT2D eigenvalue weighted by Gasteiger charge is 2.14. The van der Waals surface area contributed by atoms with E-state index in [-0.39, 0.29) is 18.2 Å². The molecule has 4 aromatic rings. The standard InChI is InChI=1S/C20H15N3O3/c24-14-7-5-13(6-8-14)19-9-17(16-3-1-2-4-18(16)23-19)20(25)22-11-15-10-21-12-26-15/h1-10,12,24H,11H2,(H,22,25). The SMILES string of the molecule is O=C(NCc1cnco1)c1cc(-c2ccc(O)cc2)nc2ccccc12. The van der Waals surface area contributed by atoms with Crippen molar-refractivity contribution < 1.29 is 14.3 Å². The van der Waals surface area contributed by atoms with Crippen molar-refractivity contribution in [3.05, 3.63) is 78.5 Å². The average molecular weight is 345 g/mol. The second-order valence-corrected chi connectivity index (χ2v) is 5.77. The lowest BCUT2D eigenvalue weighted by atomic mass is 10.0. The van der Waals surface area contributed by atoms with Crippen LogP contribution >= 0.6 is 0 Å². The maximum absolute atomic E-state index is 12.8. The van der Waals surface area contributed by atoms with E-state index in [4.69, 9.17) is 4.42 Å². The zero-order valence-corrected chi connectivity index (χ0v) is 13.7.